The SMILES string of the molecule is COCCN1C[C@H](Cn2ccnc2-c2ccc(CO)o2)CC1=O. The molecule has 0 unspecified atom stereocenters. The number of ether oxygens (including phenoxy) is 1. The summed E-state index contributed by atoms with van der Waals surface area (Å²) in [6.45, 7) is 2.51. The van der Waals surface area contributed by atoms with Gasteiger partial charge in [0.15, 0.2) is 11.6 Å². The number of imidazole rings is 1. The van der Waals surface area contributed by atoms with Gasteiger partial charge in [0.1, 0.15) is 12.4 Å². The molecule has 0 radical (unpaired) electrons. The number of aliphatic hydroxyl groups excluding tert-OH is 1. The third-order valence-corrected chi connectivity index (χ3v) is 4.07. The minimum absolute atomic E-state index is 0.133. The van der Waals surface area contributed by atoms with Crippen LogP contribution in [-0.2, 0) is 22.7 Å². The lowest BCUT2D eigenvalue weighted by Gasteiger charge is -2.16. The van der Waals surface area contributed by atoms with Crippen molar-refractivity contribution >= 4 is 5.91 Å². The van der Waals surface area contributed by atoms with E-state index in [9.17, 15) is 4.79 Å². The summed E-state index contributed by atoms with van der Waals surface area (Å²) < 4.78 is 12.6. The van der Waals surface area contributed by atoms with Crippen LogP contribution in [0.4, 0.5) is 0 Å². The van der Waals surface area contributed by atoms with Crippen molar-refractivity contribution < 1.29 is 19.1 Å². The molecular weight excluding hydrogens is 298 g/mol. The van der Waals surface area contributed by atoms with Gasteiger partial charge in [-0.1, -0.05) is 0 Å². The fourth-order valence-electron chi connectivity index (χ4n) is 2.94. The first-order valence-corrected chi connectivity index (χ1v) is 7.69. The molecule has 0 aromatic carbocycles. The van der Waals surface area contributed by atoms with E-state index in [4.69, 9.17) is 14.3 Å². The minimum atomic E-state index is -0.133. The van der Waals surface area contributed by atoms with E-state index in [0.717, 1.165) is 6.54 Å². The van der Waals surface area contributed by atoms with Gasteiger partial charge in [-0.2, -0.15) is 0 Å². The van der Waals surface area contributed by atoms with Crippen molar-refractivity contribution in [1.29, 1.82) is 0 Å². The highest BCUT2D eigenvalue weighted by Gasteiger charge is 2.30. The highest BCUT2D eigenvalue weighted by molar-refractivity contribution is 5.78. The first-order valence-electron chi connectivity index (χ1n) is 7.69. The summed E-state index contributed by atoms with van der Waals surface area (Å²) >= 11 is 0. The van der Waals surface area contributed by atoms with E-state index in [0.29, 0.717) is 43.5 Å². The predicted octanol–water partition coefficient (Wildman–Crippen LogP) is 1.13. The predicted molar refractivity (Wildman–Crippen MR) is 82.4 cm³/mol. The second-order valence-corrected chi connectivity index (χ2v) is 5.73. The minimum Gasteiger partial charge on any atom is -0.455 e. The number of nitrogens with zero attached hydrogens (tertiary/aromatic N) is 3. The van der Waals surface area contributed by atoms with Crippen LogP contribution in [0.5, 0.6) is 0 Å². The Kier molecular flexibility index (Phi) is 4.78. The smallest absolute Gasteiger partial charge is 0.223 e. The Hall–Kier alpha value is -2.12. The summed E-state index contributed by atoms with van der Waals surface area (Å²) in [6.07, 6.45) is 4.15. The quantitative estimate of drug-likeness (QED) is 0.827. The van der Waals surface area contributed by atoms with Crippen LogP contribution in [0.25, 0.3) is 11.6 Å². The fourth-order valence-corrected chi connectivity index (χ4v) is 2.94. The number of carbonyl (C=O) groups excluding carboxylic acids is 1. The van der Waals surface area contributed by atoms with E-state index in [1.54, 1.807) is 25.4 Å². The van der Waals surface area contributed by atoms with Gasteiger partial charge in [0.05, 0.1) is 6.61 Å². The molecule has 1 saturated heterocycles. The molecule has 0 saturated carbocycles. The zero-order chi connectivity index (χ0) is 16.2. The van der Waals surface area contributed by atoms with E-state index in [-0.39, 0.29) is 18.4 Å². The van der Waals surface area contributed by atoms with Crippen LogP contribution in [0.3, 0.4) is 0 Å². The van der Waals surface area contributed by atoms with Crippen molar-refractivity contribution in [2.45, 2.75) is 19.6 Å². The average molecular weight is 319 g/mol. The van der Waals surface area contributed by atoms with Gasteiger partial charge in [0.25, 0.3) is 0 Å². The number of carbonyl (C=O) groups is 1. The monoisotopic (exact) mass is 319 g/mol. The van der Waals surface area contributed by atoms with Crippen molar-refractivity contribution in [3.8, 4) is 11.6 Å². The number of methoxy groups -OCH3 is 1. The van der Waals surface area contributed by atoms with Crippen molar-refractivity contribution in [2.75, 3.05) is 26.8 Å². The Morgan fingerprint density at radius 1 is 1.48 bits per heavy atom. The molecule has 3 heterocycles. The topological polar surface area (TPSA) is 80.7 Å². The second kappa shape index (κ2) is 6.97. The van der Waals surface area contributed by atoms with Crippen LogP contribution in [0.1, 0.15) is 12.2 Å². The van der Waals surface area contributed by atoms with Crippen LogP contribution in [0.15, 0.2) is 28.9 Å². The van der Waals surface area contributed by atoms with Gasteiger partial charge in [0, 0.05) is 51.5 Å². The standard InChI is InChI=1S/C16H21N3O4/c1-22-7-6-18-9-12(8-15(18)21)10-19-5-4-17-16(19)14-3-2-13(11-20)23-14/h2-5,12,20H,6-11H2,1H3/t12-/m1/s1. The molecule has 2 aromatic heterocycles. The molecule has 3 rings (SSSR count). The molecule has 1 aliphatic heterocycles. The highest BCUT2D eigenvalue weighted by Crippen LogP contribution is 2.24. The molecule has 7 nitrogen and oxygen atoms in total. The zero-order valence-corrected chi connectivity index (χ0v) is 13.1. The number of hydrogen-bond donors (Lipinski definition) is 1. The van der Waals surface area contributed by atoms with Crippen LogP contribution in [0.2, 0.25) is 0 Å². The van der Waals surface area contributed by atoms with Crippen molar-refractivity contribution in [3.63, 3.8) is 0 Å². The summed E-state index contributed by atoms with van der Waals surface area (Å²) in [7, 11) is 1.64. The Morgan fingerprint density at radius 2 is 2.35 bits per heavy atom. The molecule has 1 atom stereocenters. The maximum Gasteiger partial charge on any atom is 0.223 e. The summed E-state index contributed by atoms with van der Waals surface area (Å²) in [4.78, 5) is 18.2. The van der Waals surface area contributed by atoms with Crippen molar-refractivity contribution in [2.24, 2.45) is 5.92 Å². The largest absolute Gasteiger partial charge is 0.455 e. The molecule has 0 aliphatic carbocycles. The maximum atomic E-state index is 12.0. The van der Waals surface area contributed by atoms with E-state index < -0.39 is 0 Å². The molecule has 1 aliphatic rings. The molecule has 2 aromatic rings. The Morgan fingerprint density at radius 3 is 3.09 bits per heavy atom. The fraction of sp³-hybridized carbons (Fsp3) is 0.500. The summed E-state index contributed by atoms with van der Waals surface area (Å²) in [5.74, 6) is 2.28. The molecule has 1 amide bonds. The summed E-state index contributed by atoms with van der Waals surface area (Å²) in [6, 6.07) is 3.54. The third-order valence-electron chi connectivity index (χ3n) is 4.07. The Balaban J connectivity index is 1.68. The molecule has 7 heteroatoms. The lowest BCUT2D eigenvalue weighted by Crippen LogP contribution is -2.29. The van der Waals surface area contributed by atoms with E-state index in [1.807, 2.05) is 15.7 Å². The lowest BCUT2D eigenvalue weighted by molar-refractivity contribution is -0.128. The zero-order valence-electron chi connectivity index (χ0n) is 13.1. The third kappa shape index (κ3) is 3.46. The second-order valence-electron chi connectivity index (χ2n) is 5.73. The molecular formula is C16H21N3O4. The molecule has 1 N–H and O–H groups in total. The van der Waals surface area contributed by atoms with Crippen LogP contribution in [0, 0.1) is 5.92 Å². The number of amides is 1. The molecule has 1 fully saturated rings. The van der Waals surface area contributed by atoms with E-state index >= 15 is 0 Å². The Bertz CT molecular complexity index is 664. The summed E-state index contributed by atoms with van der Waals surface area (Å²) in [5, 5.41) is 9.10. The van der Waals surface area contributed by atoms with E-state index in [1.165, 1.54) is 0 Å². The van der Waals surface area contributed by atoms with Crippen LogP contribution >= 0.6 is 0 Å². The lowest BCUT2D eigenvalue weighted by atomic mass is 10.1. The maximum absolute atomic E-state index is 12.0. The van der Waals surface area contributed by atoms with Crippen molar-refractivity contribution in [1.82, 2.24) is 14.5 Å². The van der Waals surface area contributed by atoms with Gasteiger partial charge >= 0.3 is 0 Å². The summed E-state index contributed by atoms with van der Waals surface area (Å²) in [5.41, 5.74) is 0. The highest BCUT2D eigenvalue weighted by atomic mass is 16.5. The van der Waals surface area contributed by atoms with Gasteiger partial charge in [-0.3, -0.25) is 4.79 Å². The number of furan rings is 1. The van der Waals surface area contributed by atoms with Gasteiger partial charge < -0.3 is 23.7 Å². The number of rotatable bonds is 7. The number of aromatic nitrogens is 2. The molecule has 0 bridgehead atoms. The van der Waals surface area contributed by atoms with Gasteiger partial charge in [-0.15, -0.1) is 0 Å². The normalized spacial score (nSPS) is 18.1. The average Bonchev–Trinajstić information content (AvgIpc) is 3.25. The number of likely N-dealkylation sites (tertiary alicyclic amines) is 1. The first kappa shape index (κ1) is 15.8. The van der Waals surface area contributed by atoms with Crippen molar-refractivity contribution in [3.05, 3.63) is 30.3 Å². The van der Waals surface area contributed by atoms with Gasteiger partial charge in [-0.05, 0) is 12.1 Å². The Labute approximate surface area is 134 Å². The molecule has 124 valence electrons. The van der Waals surface area contributed by atoms with Crippen LogP contribution < -0.4 is 0 Å². The van der Waals surface area contributed by atoms with Gasteiger partial charge in [0.2, 0.25) is 5.91 Å². The number of aliphatic hydroxyl groups is 1. The number of hydrogen-bond acceptors (Lipinski definition) is 5. The van der Waals surface area contributed by atoms with Crippen LogP contribution in [-0.4, -0.2) is 52.3 Å². The molecule has 0 spiro atoms. The van der Waals surface area contributed by atoms with Gasteiger partial charge in [-0.25, -0.2) is 4.98 Å². The first-order chi connectivity index (χ1) is 11.2. The molecule has 23 heavy (non-hydrogen) atoms. The van der Waals surface area contributed by atoms with E-state index in [2.05, 4.69) is 4.98 Å².